The zero-order valence-corrected chi connectivity index (χ0v) is 14.6. The number of phenols is 1. The van der Waals surface area contributed by atoms with Crippen LogP contribution < -0.4 is 5.32 Å². The zero-order valence-electron chi connectivity index (χ0n) is 13.8. The average Bonchev–Trinajstić information content (AvgIpc) is 3.15. The van der Waals surface area contributed by atoms with E-state index in [-0.39, 0.29) is 6.04 Å². The molecule has 0 saturated carbocycles. The van der Waals surface area contributed by atoms with Gasteiger partial charge in [-0.25, -0.2) is 4.98 Å². The maximum absolute atomic E-state index is 10.9. The van der Waals surface area contributed by atoms with Crippen LogP contribution in [-0.4, -0.2) is 10.1 Å². The summed E-state index contributed by atoms with van der Waals surface area (Å²) in [5.74, 6) is 0.313. The van der Waals surface area contributed by atoms with Gasteiger partial charge in [0.2, 0.25) is 0 Å². The molecule has 1 atom stereocenters. The number of aromatic hydroxyl groups is 1. The molecule has 0 radical (unpaired) electrons. The Balaban J connectivity index is 1.85. The Morgan fingerprint density at radius 1 is 1.00 bits per heavy atom. The second kappa shape index (κ2) is 6.57. The number of rotatable bonds is 4. The molecule has 0 aliphatic carbocycles. The van der Waals surface area contributed by atoms with Crippen molar-refractivity contribution in [1.82, 2.24) is 4.98 Å². The zero-order chi connectivity index (χ0) is 17.2. The number of anilines is 1. The van der Waals surface area contributed by atoms with Gasteiger partial charge >= 0.3 is 0 Å². The molecular weight excluding hydrogens is 328 g/mol. The number of hydrogen-bond acceptors (Lipinski definition) is 4. The molecular formula is C21H18N2OS. The monoisotopic (exact) mass is 346 g/mol. The molecule has 1 aromatic heterocycles. The molecule has 0 spiro atoms. The average molecular weight is 346 g/mol. The van der Waals surface area contributed by atoms with Crippen LogP contribution in [0.4, 0.5) is 5.13 Å². The van der Waals surface area contributed by atoms with E-state index in [0.29, 0.717) is 5.75 Å². The molecule has 0 aliphatic heterocycles. The minimum Gasteiger partial charge on any atom is -0.507 e. The van der Waals surface area contributed by atoms with Gasteiger partial charge in [-0.3, -0.25) is 0 Å². The van der Waals surface area contributed by atoms with E-state index in [1.54, 1.807) is 17.5 Å². The van der Waals surface area contributed by atoms with Crippen LogP contribution in [0.15, 0.2) is 72.2 Å². The van der Waals surface area contributed by atoms with Crippen LogP contribution in [0, 0.1) is 6.92 Å². The standard InChI is InChI=1S/C21H18N2OS/c1-14-6-8-16(9-7-14)19(23-21-22-12-13-25-21)18-11-10-15-4-2-3-5-17(15)20(18)24/h2-13,19,24H,1H3,(H,22,23). The van der Waals surface area contributed by atoms with Gasteiger partial charge in [0.1, 0.15) is 5.75 Å². The number of aryl methyl sites for hydroxylation is 1. The molecule has 4 aromatic rings. The fourth-order valence-electron chi connectivity index (χ4n) is 3.02. The molecule has 2 N–H and O–H groups in total. The largest absolute Gasteiger partial charge is 0.507 e. The highest BCUT2D eigenvalue weighted by Gasteiger charge is 2.20. The van der Waals surface area contributed by atoms with E-state index < -0.39 is 0 Å². The van der Waals surface area contributed by atoms with E-state index in [2.05, 4.69) is 47.6 Å². The fourth-order valence-corrected chi connectivity index (χ4v) is 3.58. The van der Waals surface area contributed by atoms with Gasteiger partial charge in [0.05, 0.1) is 6.04 Å². The summed E-state index contributed by atoms with van der Waals surface area (Å²) in [4.78, 5) is 4.34. The van der Waals surface area contributed by atoms with Gasteiger partial charge < -0.3 is 10.4 Å². The molecule has 3 aromatic carbocycles. The van der Waals surface area contributed by atoms with Gasteiger partial charge in [0, 0.05) is 22.5 Å². The first-order valence-electron chi connectivity index (χ1n) is 8.15. The van der Waals surface area contributed by atoms with E-state index >= 15 is 0 Å². The van der Waals surface area contributed by atoms with Crippen LogP contribution in [0.3, 0.4) is 0 Å². The number of benzene rings is 3. The first-order valence-corrected chi connectivity index (χ1v) is 9.03. The maximum atomic E-state index is 10.9. The highest BCUT2D eigenvalue weighted by atomic mass is 32.1. The molecule has 25 heavy (non-hydrogen) atoms. The highest BCUT2D eigenvalue weighted by Crippen LogP contribution is 2.37. The Hall–Kier alpha value is -2.85. The van der Waals surface area contributed by atoms with Crippen molar-refractivity contribution in [3.8, 4) is 5.75 Å². The summed E-state index contributed by atoms with van der Waals surface area (Å²) in [6.45, 7) is 2.07. The van der Waals surface area contributed by atoms with E-state index in [9.17, 15) is 5.11 Å². The summed E-state index contributed by atoms with van der Waals surface area (Å²) < 4.78 is 0. The van der Waals surface area contributed by atoms with Crippen LogP contribution in [-0.2, 0) is 0 Å². The smallest absolute Gasteiger partial charge is 0.183 e. The Labute approximate surface area is 150 Å². The van der Waals surface area contributed by atoms with Crippen LogP contribution in [0.2, 0.25) is 0 Å². The van der Waals surface area contributed by atoms with E-state index in [1.165, 1.54) is 5.56 Å². The number of thiazole rings is 1. The predicted molar refractivity (Wildman–Crippen MR) is 104 cm³/mol. The number of fused-ring (bicyclic) bond motifs is 1. The quantitative estimate of drug-likeness (QED) is 0.512. The lowest BCUT2D eigenvalue weighted by Gasteiger charge is -2.21. The second-order valence-corrected chi connectivity index (χ2v) is 6.94. The molecule has 0 bridgehead atoms. The number of aromatic nitrogens is 1. The topological polar surface area (TPSA) is 45.2 Å². The molecule has 4 heteroatoms. The normalized spacial score (nSPS) is 12.2. The minimum atomic E-state index is -0.170. The van der Waals surface area contributed by atoms with Gasteiger partial charge in [-0.05, 0) is 17.9 Å². The summed E-state index contributed by atoms with van der Waals surface area (Å²) in [7, 11) is 0. The second-order valence-electron chi connectivity index (χ2n) is 6.05. The lowest BCUT2D eigenvalue weighted by molar-refractivity contribution is 0.473. The van der Waals surface area contributed by atoms with E-state index in [4.69, 9.17) is 0 Å². The molecule has 4 rings (SSSR count). The lowest BCUT2D eigenvalue weighted by Crippen LogP contribution is -2.12. The fraction of sp³-hybridized carbons (Fsp3) is 0.0952. The third-order valence-corrected chi connectivity index (χ3v) is 5.06. The first kappa shape index (κ1) is 15.7. The summed E-state index contributed by atoms with van der Waals surface area (Å²) in [6.07, 6.45) is 1.78. The summed E-state index contributed by atoms with van der Waals surface area (Å²) >= 11 is 1.55. The van der Waals surface area contributed by atoms with Crippen molar-refractivity contribution in [3.63, 3.8) is 0 Å². The van der Waals surface area contributed by atoms with Crippen molar-refractivity contribution in [3.05, 3.63) is 88.9 Å². The molecule has 1 heterocycles. The van der Waals surface area contributed by atoms with Gasteiger partial charge in [-0.15, -0.1) is 11.3 Å². The molecule has 3 nitrogen and oxygen atoms in total. The van der Waals surface area contributed by atoms with Crippen molar-refractivity contribution >= 4 is 27.2 Å². The van der Waals surface area contributed by atoms with Crippen LogP contribution >= 0.6 is 11.3 Å². The third kappa shape index (κ3) is 3.08. The molecule has 0 aliphatic rings. The predicted octanol–water partition coefficient (Wildman–Crippen LogP) is 5.51. The molecule has 0 saturated heterocycles. The van der Waals surface area contributed by atoms with Gasteiger partial charge in [0.15, 0.2) is 5.13 Å². The summed E-state index contributed by atoms with van der Waals surface area (Å²) in [5, 5.41) is 19.0. The van der Waals surface area contributed by atoms with Crippen molar-refractivity contribution < 1.29 is 5.11 Å². The van der Waals surface area contributed by atoms with E-state index in [0.717, 1.165) is 27.0 Å². The summed E-state index contributed by atoms with van der Waals surface area (Å²) in [5.41, 5.74) is 3.14. The minimum absolute atomic E-state index is 0.170. The van der Waals surface area contributed by atoms with Crippen LogP contribution in [0.1, 0.15) is 22.7 Å². The van der Waals surface area contributed by atoms with Crippen LogP contribution in [0.5, 0.6) is 5.75 Å². The number of phenolic OH excluding ortho intramolecular Hbond substituents is 1. The molecule has 1 unspecified atom stereocenters. The number of nitrogens with one attached hydrogen (secondary N) is 1. The Morgan fingerprint density at radius 2 is 1.80 bits per heavy atom. The molecule has 0 amide bonds. The van der Waals surface area contributed by atoms with Gasteiger partial charge in [0.25, 0.3) is 0 Å². The van der Waals surface area contributed by atoms with Gasteiger partial charge in [-0.1, -0.05) is 66.2 Å². The first-order chi connectivity index (χ1) is 12.2. The van der Waals surface area contributed by atoms with Crippen molar-refractivity contribution in [2.45, 2.75) is 13.0 Å². The lowest BCUT2D eigenvalue weighted by atomic mass is 9.94. The highest BCUT2D eigenvalue weighted by molar-refractivity contribution is 7.13. The summed E-state index contributed by atoms with van der Waals surface area (Å²) in [6, 6.07) is 20.1. The molecule has 124 valence electrons. The number of hydrogen-bond donors (Lipinski definition) is 2. The Kier molecular flexibility index (Phi) is 4.12. The molecule has 0 fully saturated rings. The Bertz CT molecular complexity index is 994. The SMILES string of the molecule is Cc1ccc(C(Nc2nccs2)c2ccc3ccccc3c2O)cc1. The third-order valence-electron chi connectivity index (χ3n) is 4.35. The maximum Gasteiger partial charge on any atom is 0.183 e. The van der Waals surface area contributed by atoms with Crippen molar-refractivity contribution in [1.29, 1.82) is 0 Å². The Morgan fingerprint density at radius 3 is 2.56 bits per heavy atom. The van der Waals surface area contributed by atoms with E-state index in [1.807, 2.05) is 35.7 Å². The van der Waals surface area contributed by atoms with Crippen molar-refractivity contribution in [2.24, 2.45) is 0 Å². The van der Waals surface area contributed by atoms with Crippen LogP contribution in [0.25, 0.3) is 10.8 Å². The van der Waals surface area contributed by atoms with Gasteiger partial charge in [-0.2, -0.15) is 0 Å². The van der Waals surface area contributed by atoms with Crippen molar-refractivity contribution in [2.75, 3.05) is 5.32 Å². The number of nitrogens with zero attached hydrogens (tertiary/aromatic N) is 1.